The van der Waals surface area contributed by atoms with E-state index >= 15 is 0 Å². The number of urea groups is 1. The number of aromatic nitrogens is 1. The van der Waals surface area contributed by atoms with Gasteiger partial charge in [-0.15, -0.1) is 0 Å². The number of anilines is 2. The first-order valence-corrected chi connectivity index (χ1v) is 9.16. The Morgan fingerprint density at radius 3 is 2.54 bits per heavy atom. The minimum Gasteiger partial charge on any atom is -0.381 e. The Bertz CT molecular complexity index is 816. The summed E-state index contributed by atoms with van der Waals surface area (Å²) < 4.78 is 38.0. The molecule has 8 heteroatoms. The largest absolute Gasteiger partial charge is 0.416 e. The molecular formula is C20H23F3N4O. The zero-order chi connectivity index (χ0) is 20.3. The first-order chi connectivity index (χ1) is 13.2. The van der Waals surface area contributed by atoms with Crippen molar-refractivity contribution in [1.29, 1.82) is 0 Å². The number of pyridine rings is 1. The minimum absolute atomic E-state index is 0.0246. The molecule has 2 amide bonds. The third-order valence-corrected chi connectivity index (χ3v) is 4.62. The maximum absolute atomic E-state index is 12.7. The summed E-state index contributed by atoms with van der Waals surface area (Å²) in [7, 11) is 0. The summed E-state index contributed by atoms with van der Waals surface area (Å²) in [6.45, 7) is 4.91. The Balaban J connectivity index is 1.59. The Morgan fingerprint density at radius 1 is 1.18 bits per heavy atom. The van der Waals surface area contributed by atoms with Crippen LogP contribution in [0.3, 0.4) is 0 Å². The third kappa shape index (κ3) is 5.15. The lowest BCUT2D eigenvalue weighted by Crippen LogP contribution is -2.46. The second-order valence-electron chi connectivity index (χ2n) is 7.11. The smallest absolute Gasteiger partial charge is 0.381 e. The number of hydrogen-bond donors (Lipinski definition) is 2. The highest BCUT2D eigenvalue weighted by Crippen LogP contribution is 2.30. The predicted octanol–water partition coefficient (Wildman–Crippen LogP) is 4.83. The average Bonchev–Trinajstić information content (AvgIpc) is 2.61. The average molecular weight is 392 g/mol. The van der Waals surface area contributed by atoms with Gasteiger partial charge in [-0.05, 0) is 68.7 Å². The number of halogens is 3. The summed E-state index contributed by atoms with van der Waals surface area (Å²) >= 11 is 0. The fourth-order valence-corrected chi connectivity index (χ4v) is 3.36. The molecule has 1 aliphatic heterocycles. The van der Waals surface area contributed by atoms with Crippen molar-refractivity contribution in [2.24, 2.45) is 0 Å². The number of alkyl halides is 3. The summed E-state index contributed by atoms with van der Waals surface area (Å²) in [5.74, 6) is 0.514. The molecule has 2 aromatic rings. The number of amides is 2. The zero-order valence-electron chi connectivity index (χ0n) is 15.8. The molecule has 5 nitrogen and oxygen atoms in total. The molecule has 0 radical (unpaired) electrons. The maximum Gasteiger partial charge on any atom is 0.416 e. The van der Waals surface area contributed by atoms with Crippen molar-refractivity contribution < 1.29 is 18.0 Å². The second-order valence-corrected chi connectivity index (χ2v) is 7.11. The molecule has 0 saturated carbocycles. The fraction of sp³-hybridized carbons (Fsp3) is 0.400. The molecule has 1 saturated heterocycles. The van der Waals surface area contributed by atoms with Crippen molar-refractivity contribution >= 4 is 17.5 Å². The van der Waals surface area contributed by atoms with E-state index in [2.05, 4.69) is 15.6 Å². The maximum atomic E-state index is 12.7. The van der Waals surface area contributed by atoms with Gasteiger partial charge in [0.05, 0.1) is 5.56 Å². The van der Waals surface area contributed by atoms with Crippen LogP contribution in [0.4, 0.5) is 29.5 Å². The Kier molecular flexibility index (Phi) is 5.76. The van der Waals surface area contributed by atoms with Crippen LogP contribution in [0, 0.1) is 13.8 Å². The van der Waals surface area contributed by atoms with Gasteiger partial charge in [0.25, 0.3) is 0 Å². The van der Waals surface area contributed by atoms with Crippen LogP contribution in [0.2, 0.25) is 0 Å². The van der Waals surface area contributed by atoms with E-state index in [4.69, 9.17) is 0 Å². The molecule has 1 atom stereocenters. The van der Waals surface area contributed by atoms with Crippen LogP contribution in [0.15, 0.2) is 36.4 Å². The van der Waals surface area contributed by atoms with E-state index in [1.54, 1.807) is 4.90 Å². The lowest BCUT2D eigenvalue weighted by atomic mass is 10.1. The highest BCUT2D eigenvalue weighted by Gasteiger charge is 2.30. The molecule has 1 aliphatic rings. The van der Waals surface area contributed by atoms with Gasteiger partial charge in [0, 0.05) is 30.5 Å². The van der Waals surface area contributed by atoms with E-state index in [0.29, 0.717) is 24.6 Å². The van der Waals surface area contributed by atoms with E-state index in [-0.39, 0.29) is 12.1 Å². The van der Waals surface area contributed by atoms with Crippen molar-refractivity contribution in [1.82, 2.24) is 9.88 Å². The van der Waals surface area contributed by atoms with Gasteiger partial charge in [-0.1, -0.05) is 0 Å². The Morgan fingerprint density at radius 2 is 1.89 bits per heavy atom. The number of benzene rings is 1. The molecule has 2 heterocycles. The second kappa shape index (κ2) is 8.08. The van der Waals surface area contributed by atoms with Crippen LogP contribution in [-0.2, 0) is 6.18 Å². The number of carbonyl (C=O) groups excluding carboxylic acids is 1. The number of likely N-dealkylation sites (tertiary alicyclic amines) is 1. The van der Waals surface area contributed by atoms with Crippen LogP contribution < -0.4 is 10.6 Å². The molecule has 150 valence electrons. The van der Waals surface area contributed by atoms with Gasteiger partial charge in [0.2, 0.25) is 0 Å². The number of nitrogens with zero attached hydrogens (tertiary/aromatic N) is 2. The first-order valence-electron chi connectivity index (χ1n) is 9.16. The highest BCUT2D eigenvalue weighted by atomic mass is 19.4. The number of aryl methyl sites for hydroxylation is 2. The molecule has 1 unspecified atom stereocenters. The zero-order valence-corrected chi connectivity index (χ0v) is 15.8. The molecule has 0 bridgehead atoms. The lowest BCUT2D eigenvalue weighted by Gasteiger charge is -2.33. The molecule has 1 aromatic heterocycles. The monoisotopic (exact) mass is 392 g/mol. The highest BCUT2D eigenvalue weighted by molar-refractivity contribution is 5.88. The number of hydrogen-bond acceptors (Lipinski definition) is 3. The molecule has 0 aliphatic carbocycles. The van der Waals surface area contributed by atoms with Gasteiger partial charge < -0.3 is 10.2 Å². The van der Waals surface area contributed by atoms with E-state index in [1.165, 1.54) is 12.1 Å². The quantitative estimate of drug-likeness (QED) is 0.787. The molecule has 0 spiro atoms. The van der Waals surface area contributed by atoms with Gasteiger partial charge in [-0.25, -0.2) is 9.78 Å². The molecule has 28 heavy (non-hydrogen) atoms. The lowest BCUT2D eigenvalue weighted by molar-refractivity contribution is -0.137. The van der Waals surface area contributed by atoms with Crippen LogP contribution in [0.25, 0.3) is 0 Å². The van der Waals surface area contributed by atoms with E-state index in [1.807, 2.05) is 26.0 Å². The SMILES string of the molecule is Cc1cc(C)nc(NC(=O)N2CCCC(Nc3ccc(C(F)(F)F)cc3)C2)c1. The Hall–Kier alpha value is -2.77. The fourth-order valence-electron chi connectivity index (χ4n) is 3.36. The summed E-state index contributed by atoms with van der Waals surface area (Å²) in [6, 6.07) is 8.44. The van der Waals surface area contributed by atoms with Crippen molar-refractivity contribution in [2.75, 3.05) is 23.7 Å². The molecule has 1 aromatic carbocycles. The van der Waals surface area contributed by atoms with Gasteiger partial charge in [0.15, 0.2) is 0 Å². The summed E-state index contributed by atoms with van der Waals surface area (Å²) in [4.78, 5) is 18.6. The van der Waals surface area contributed by atoms with Crippen molar-refractivity contribution in [3.63, 3.8) is 0 Å². The predicted molar refractivity (Wildman–Crippen MR) is 102 cm³/mol. The molecule has 1 fully saturated rings. The number of rotatable bonds is 3. The standard InChI is InChI=1S/C20H23F3N4O/c1-13-10-14(2)24-18(11-13)26-19(28)27-9-3-4-17(12-27)25-16-7-5-15(6-8-16)20(21,22)23/h5-8,10-11,17,25H,3-4,9,12H2,1-2H3,(H,24,26,28). The van der Waals surface area contributed by atoms with Crippen molar-refractivity contribution in [2.45, 2.75) is 38.9 Å². The minimum atomic E-state index is -4.35. The number of carbonyl (C=O) groups is 1. The van der Waals surface area contributed by atoms with E-state index in [9.17, 15) is 18.0 Å². The van der Waals surface area contributed by atoms with Crippen LogP contribution >= 0.6 is 0 Å². The molecule has 3 rings (SSSR count). The van der Waals surface area contributed by atoms with Crippen molar-refractivity contribution in [3.05, 3.63) is 53.2 Å². The topological polar surface area (TPSA) is 57.3 Å². The van der Waals surface area contributed by atoms with Crippen LogP contribution in [-0.4, -0.2) is 35.0 Å². The van der Waals surface area contributed by atoms with E-state index in [0.717, 1.165) is 36.2 Å². The van der Waals surface area contributed by atoms with Gasteiger partial charge in [-0.3, -0.25) is 5.32 Å². The Labute approximate surface area is 162 Å². The summed E-state index contributed by atoms with van der Waals surface area (Å²) in [5, 5.41) is 6.05. The van der Waals surface area contributed by atoms with Gasteiger partial charge in [0.1, 0.15) is 5.82 Å². The summed E-state index contributed by atoms with van der Waals surface area (Å²) in [5.41, 5.74) is 1.78. The van der Waals surface area contributed by atoms with Crippen LogP contribution in [0.1, 0.15) is 29.7 Å². The molecule has 2 N–H and O–H groups in total. The van der Waals surface area contributed by atoms with E-state index < -0.39 is 11.7 Å². The third-order valence-electron chi connectivity index (χ3n) is 4.62. The van der Waals surface area contributed by atoms with Gasteiger partial charge >= 0.3 is 12.2 Å². The first kappa shape index (κ1) is 20.0. The van der Waals surface area contributed by atoms with Crippen molar-refractivity contribution in [3.8, 4) is 0 Å². The number of nitrogens with one attached hydrogen (secondary N) is 2. The molecular weight excluding hydrogens is 369 g/mol. The van der Waals surface area contributed by atoms with Gasteiger partial charge in [-0.2, -0.15) is 13.2 Å². The summed E-state index contributed by atoms with van der Waals surface area (Å²) in [6.07, 6.45) is -2.70. The normalized spacial score (nSPS) is 17.3. The number of piperidine rings is 1. The van der Waals surface area contributed by atoms with Crippen LogP contribution in [0.5, 0.6) is 0 Å².